The number of nitrogens with zero attached hydrogens (tertiary/aromatic N) is 1. The van der Waals surface area contributed by atoms with Crippen LogP contribution in [0.4, 0.5) is 0 Å². The first-order valence-corrected chi connectivity index (χ1v) is 8.29. The smallest absolute Gasteiger partial charge is 0.0217 e. The third-order valence-electron chi connectivity index (χ3n) is 3.17. The summed E-state index contributed by atoms with van der Waals surface area (Å²) in [6.45, 7) is 10.3. The Morgan fingerprint density at radius 2 is 2.06 bits per heavy atom. The summed E-state index contributed by atoms with van der Waals surface area (Å²) in [5, 5.41) is 3.56. The molecule has 0 bridgehead atoms. The second-order valence-electron chi connectivity index (χ2n) is 4.57. The molecule has 0 radical (unpaired) electrons. The number of nitrogens with one attached hydrogen (secondary N) is 1. The fourth-order valence-electron chi connectivity index (χ4n) is 2.14. The van der Waals surface area contributed by atoms with Crippen LogP contribution in [0, 0.1) is 13.8 Å². The normalized spacial score (nSPS) is 17.5. The number of rotatable bonds is 5. The summed E-state index contributed by atoms with van der Waals surface area (Å²) in [7, 11) is 0. The molecule has 0 atom stereocenters. The Bertz CT molecular complexity index is 343. The maximum absolute atomic E-state index is 3.56. The summed E-state index contributed by atoms with van der Waals surface area (Å²) in [5.41, 5.74) is 1.47. The van der Waals surface area contributed by atoms with Gasteiger partial charge in [-0.15, -0.1) is 11.3 Å². The summed E-state index contributed by atoms with van der Waals surface area (Å²) in [6, 6.07) is 2.31. The zero-order chi connectivity index (χ0) is 12.1. The molecule has 2 heterocycles. The van der Waals surface area contributed by atoms with Gasteiger partial charge in [0.25, 0.3) is 0 Å². The summed E-state index contributed by atoms with van der Waals surface area (Å²) in [6.07, 6.45) is 0. The average molecular weight is 270 g/mol. The van der Waals surface area contributed by atoms with E-state index in [1.165, 1.54) is 46.5 Å². The lowest BCUT2D eigenvalue weighted by molar-refractivity contribution is 0.301. The highest BCUT2D eigenvalue weighted by Crippen LogP contribution is 2.20. The highest BCUT2D eigenvalue weighted by molar-refractivity contribution is 7.99. The molecule has 2 rings (SSSR count). The van der Waals surface area contributed by atoms with E-state index in [0.717, 1.165) is 13.1 Å². The highest BCUT2D eigenvalue weighted by Gasteiger charge is 2.09. The minimum Gasteiger partial charge on any atom is -0.311 e. The van der Waals surface area contributed by atoms with E-state index in [1.807, 2.05) is 11.3 Å². The van der Waals surface area contributed by atoms with Crippen LogP contribution in [0.1, 0.15) is 15.3 Å². The molecule has 1 aromatic rings. The third kappa shape index (κ3) is 4.28. The lowest BCUT2D eigenvalue weighted by Crippen LogP contribution is -2.37. The summed E-state index contributed by atoms with van der Waals surface area (Å²) < 4.78 is 0. The van der Waals surface area contributed by atoms with Crippen molar-refractivity contribution >= 4 is 23.1 Å². The van der Waals surface area contributed by atoms with Crippen molar-refractivity contribution in [1.29, 1.82) is 0 Å². The lowest BCUT2D eigenvalue weighted by Gasteiger charge is -2.26. The van der Waals surface area contributed by atoms with E-state index < -0.39 is 0 Å². The molecule has 0 spiro atoms. The van der Waals surface area contributed by atoms with Crippen molar-refractivity contribution in [3.05, 3.63) is 21.4 Å². The second-order valence-corrected chi connectivity index (χ2v) is 7.25. The molecule has 0 aromatic carbocycles. The van der Waals surface area contributed by atoms with E-state index >= 15 is 0 Å². The Morgan fingerprint density at radius 1 is 1.29 bits per heavy atom. The van der Waals surface area contributed by atoms with Gasteiger partial charge in [0, 0.05) is 54.0 Å². The van der Waals surface area contributed by atoms with Crippen molar-refractivity contribution < 1.29 is 0 Å². The minimum atomic E-state index is 1.03. The van der Waals surface area contributed by atoms with Gasteiger partial charge in [0.1, 0.15) is 0 Å². The van der Waals surface area contributed by atoms with Gasteiger partial charge in [0.15, 0.2) is 0 Å². The Balaban J connectivity index is 1.64. The van der Waals surface area contributed by atoms with E-state index in [2.05, 4.69) is 41.9 Å². The average Bonchev–Trinajstić information content (AvgIpc) is 2.65. The van der Waals surface area contributed by atoms with Gasteiger partial charge in [-0.1, -0.05) is 0 Å². The van der Waals surface area contributed by atoms with E-state index in [1.54, 1.807) is 0 Å². The SMILES string of the molecule is Cc1cc(CNCCN2CCSCC2)c(C)s1. The summed E-state index contributed by atoms with van der Waals surface area (Å²) >= 11 is 3.98. The molecule has 96 valence electrons. The van der Waals surface area contributed by atoms with Gasteiger partial charge < -0.3 is 10.2 Å². The standard InChI is InChI=1S/C13H22N2S2/c1-11-9-13(12(2)17-11)10-14-3-4-15-5-7-16-8-6-15/h9,14H,3-8,10H2,1-2H3. The molecule has 17 heavy (non-hydrogen) atoms. The van der Waals surface area contributed by atoms with Crippen LogP contribution < -0.4 is 5.32 Å². The van der Waals surface area contributed by atoms with Crippen LogP contribution in [0.5, 0.6) is 0 Å². The Morgan fingerprint density at radius 3 is 2.71 bits per heavy atom. The van der Waals surface area contributed by atoms with E-state index in [-0.39, 0.29) is 0 Å². The third-order valence-corrected chi connectivity index (χ3v) is 5.12. The van der Waals surface area contributed by atoms with Crippen molar-refractivity contribution in [2.75, 3.05) is 37.7 Å². The largest absolute Gasteiger partial charge is 0.311 e. The Hall–Kier alpha value is -0.0300. The molecule has 1 aromatic heterocycles. The number of hydrogen-bond donors (Lipinski definition) is 1. The molecule has 0 unspecified atom stereocenters. The first-order valence-electron chi connectivity index (χ1n) is 6.32. The van der Waals surface area contributed by atoms with Crippen LogP contribution in [0.25, 0.3) is 0 Å². The Kier molecular flexibility index (Phi) is 5.35. The van der Waals surface area contributed by atoms with Gasteiger partial charge in [-0.2, -0.15) is 11.8 Å². The monoisotopic (exact) mass is 270 g/mol. The first-order chi connectivity index (χ1) is 8.25. The van der Waals surface area contributed by atoms with Crippen molar-refractivity contribution in [1.82, 2.24) is 10.2 Å². The van der Waals surface area contributed by atoms with Crippen LogP contribution in [0.2, 0.25) is 0 Å². The van der Waals surface area contributed by atoms with E-state index in [9.17, 15) is 0 Å². The molecule has 1 saturated heterocycles. The lowest BCUT2D eigenvalue weighted by atomic mass is 10.2. The van der Waals surface area contributed by atoms with Crippen molar-refractivity contribution in [2.24, 2.45) is 0 Å². The van der Waals surface area contributed by atoms with Gasteiger partial charge in [-0.05, 0) is 25.5 Å². The van der Waals surface area contributed by atoms with Gasteiger partial charge in [-0.25, -0.2) is 0 Å². The number of aryl methyl sites for hydroxylation is 2. The van der Waals surface area contributed by atoms with Crippen LogP contribution in [0.3, 0.4) is 0 Å². The van der Waals surface area contributed by atoms with Gasteiger partial charge in [-0.3, -0.25) is 0 Å². The van der Waals surface area contributed by atoms with Gasteiger partial charge >= 0.3 is 0 Å². The summed E-state index contributed by atoms with van der Waals surface area (Å²) in [5.74, 6) is 2.62. The maximum Gasteiger partial charge on any atom is 0.0217 e. The fraction of sp³-hybridized carbons (Fsp3) is 0.692. The van der Waals surface area contributed by atoms with Crippen LogP contribution in [-0.2, 0) is 6.54 Å². The molecular formula is C13H22N2S2. The fourth-order valence-corrected chi connectivity index (χ4v) is 4.07. The molecule has 0 amide bonds. The van der Waals surface area contributed by atoms with Crippen LogP contribution in [-0.4, -0.2) is 42.6 Å². The molecule has 1 aliphatic rings. The first kappa shape index (κ1) is 13.4. The van der Waals surface area contributed by atoms with E-state index in [4.69, 9.17) is 0 Å². The summed E-state index contributed by atoms with van der Waals surface area (Å²) in [4.78, 5) is 5.45. The topological polar surface area (TPSA) is 15.3 Å². The zero-order valence-corrected chi connectivity index (χ0v) is 12.4. The van der Waals surface area contributed by atoms with Crippen LogP contribution in [0.15, 0.2) is 6.07 Å². The molecule has 2 nitrogen and oxygen atoms in total. The molecule has 1 N–H and O–H groups in total. The zero-order valence-electron chi connectivity index (χ0n) is 10.8. The van der Waals surface area contributed by atoms with Gasteiger partial charge in [0.2, 0.25) is 0 Å². The quantitative estimate of drug-likeness (QED) is 0.828. The molecule has 1 aliphatic heterocycles. The van der Waals surface area contributed by atoms with Crippen LogP contribution >= 0.6 is 23.1 Å². The highest BCUT2D eigenvalue weighted by atomic mass is 32.2. The van der Waals surface area contributed by atoms with E-state index in [0.29, 0.717) is 0 Å². The molecule has 4 heteroatoms. The number of thiophene rings is 1. The van der Waals surface area contributed by atoms with Crippen molar-refractivity contribution in [2.45, 2.75) is 20.4 Å². The second kappa shape index (κ2) is 6.78. The van der Waals surface area contributed by atoms with Crippen molar-refractivity contribution in [3.63, 3.8) is 0 Å². The predicted molar refractivity (Wildman–Crippen MR) is 79.3 cm³/mol. The number of hydrogen-bond acceptors (Lipinski definition) is 4. The molecule has 1 fully saturated rings. The Labute approximate surface area is 113 Å². The molecular weight excluding hydrogens is 248 g/mol. The predicted octanol–water partition coefficient (Wildman–Crippen LogP) is 2.50. The molecule has 0 saturated carbocycles. The number of thioether (sulfide) groups is 1. The molecule has 0 aliphatic carbocycles. The van der Waals surface area contributed by atoms with Gasteiger partial charge in [0.05, 0.1) is 0 Å². The van der Waals surface area contributed by atoms with Crippen molar-refractivity contribution in [3.8, 4) is 0 Å². The minimum absolute atomic E-state index is 1.03. The maximum atomic E-state index is 3.56.